The summed E-state index contributed by atoms with van der Waals surface area (Å²) in [6.45, 7) is 5.62. The van der Waals surface area contributed by atoms with Crippen LogP contribution in [0.4, 0.5) is 0 Å². The first kappa shape index (κ1) is 13.3. The normalized spacial score (nSPS) is 28.1. The molecule has 0 aliphatic heterocycles. The Morgan fingerprint density at radius 2 is 1.94 bits per heavy atom. The van der Waals surface area contributed by atoms with Crippen LogP contribution in [0.2, 0.25) is 0 Å². The molecule has 2 atom stereocenters. The van der Waals surface area contributed by atoms with Crippen molar-refractivity contribution < 1.29 is 4.74 Å². The zero-order valence-corrected chi connectivity index (χ0v) is 11.6. The van der Waals surface area contributed by atoms with Gasteiger partial charge in [-0.2, -0.15) is 0 Å². The van der Waals surface area contributed by atoms with Crippen molar-refractivity contribution in [3.63, 3.8) is 0 Å². The molecule has 1 saturated carbocycles. The van der Waals surface area contributed by atoms with E-state index in [1.54, 1.807) is 7.11 Å². The van der Waals surface area contributed by atoms with E-state index in [0.29, 0.717) is 11.9 Å². The van der Waals surface area contributed by atoms with Crippen molar-refractivity contribution >= 4 is 0 Å². The monoisotopic (exact) mass is 248 g/mol. The molecule has 1 aromatic rings. The number of hydrogen-bond donors (Lipinski definition) is 1. The zero-order chi connectivity index (χ0) is 13.0. The van der Waals surface area contributed by atoms with Crippen molar-refractivity contribution in [1.29, 1.82) is 0 Å². The first-order chi connectivity index (χ1) is 8.67. The van der Waals surface area contributed by atoms with Crippen molar-refractivity contribution in [2.45, 2.75) is 45.7 Å². The Balaban J connectivity index is 1.83. The maximum atomic E-state index is 5.06. The number of methoxy groups -OCH3 is 1. The molecule has 100 valence electrons. The molecule has 0 spiro atoms. The van der Waals surface area contributed by atoms with Crippen molar-refractivity contribution in [2.24, 2.45) is 11.8 Å². The van der Waals surface area contributed by atoms with Gasteiger partial charge in [0, 0.05) is 24.8 Å². The summed E-state index contributed by atoms with van der Waals surface area (Å²) in [6, 6.07) is 4.66. The minimum absolute atomic E-state index is 0.658. The second-order valence-corrected chi connectivity index (χ2v) is 5.70. The number of aromatic nitrogens is 1. The van der Waals surface area contributed by atoms with Crippen LogP contribution in [0.1, 0.15) is 38.7 Å². The standard InChI is InChI=1S/C15H24N2O/c1-11-6-12(2)8-14(7-11)16-9-13-4-5-15(18-3)17-10-13/h4-5,10-12,14,16H,6-9H2,1-3H3. The van der Waals surface area contributed by atoms with E-state index in [1.807, 2.05) is 12.3 Å². The highest BCUT2D eigenvalue weighted by molar-refractivity contribution is 5.17. The van der Waals surface area contributed by atoms with Crippen LogP contribution in [0.15, 0.2) is 18.3 Å². The molecule has 2 unspecified atom stereocenters. The number of nitrogens with zero attached hydrogens (tertiary/aromatic N) is 1. The smallest absolute Gasteiger partial charge is 0.212 e. The number of hydrogen-bond acceptors (Lipinski definition) is 3. The van der Waals surface area contributed by atoms with Gasteiger partial charge in [0.2, 0.25) is 5.88 Å². The SMILES string of the molecule is COc1ccc(CNC2CC(C)CC(C)C2)cn1. The Morgan fingerprint density at radius 1 is 1.22 bits per heavy atom. The van der Waals surface area contributed by atoms with Crippen molar-refractivity contribution in [3.8, 4) is 5.88 Å². The van der Waals surface area contributed by atoms with Crippen LogP contribution in [0.5, 0.6) is 5.88 Å². The van der Waals surface area contributed by atoms with Crippen LogP contribution in [-0.2, 0) is 6.54 Å². The van der Waals surface area contributed by atoms with Gasteiger partial charge in [-0.3, -0.25) is 0 Å². The van der Waals surface area contributed by atoms with Gasteiger partial charge in [0.05, 0.1) is 7.11 Å². The first-order valence-corrected chi connectivity index (χ1v) is 6.89. The topological polar surface area (TPSA) is 34.1 Å². The summed E-state index contributed by atoms with van der Waals surface area (Å²) in [5.74, 6) is 2.37. The largest absolute Gasteiger partial charge is 0.481 e. The van der Waals surface area contributed by atoms with Crippen molar-refractivity contribution in [3.05, 3.63) is 23.9 Å². The van der Waals surface area contributed by atoms with E-state index in [1.165, 1.54) is 24.8 Å². The summed E-state index contributed by atoms with van der Waals surface area (Å²) >= 11 is 0. The number of ether oxygens (including phenoxy) is 1. The molecular weight excluding hydrogens is 224 g/mol. The maximum absolute atomic E-state index is 5.06. The van der Waals surface area contributed by atoms with Gasteiger partial charge >= 0.3 is 0 Å². The molecule has 3 heteroatoms. The van der Waals surface area contributed by atoms with Crippen LogP contribution in [-0.4, -0.2) is 18.1 Å². The van der Waals surface area contributed by atoms with Gasteiger partial charge in [0.25, 0.3) is 0 Å². The van der Waals surface area contributed by atoms with Crippen LogP contribution in [0.3, 0.4) is 0 Å². The highest BCUT2D eigenvalue weighted by Gasteiger charge is 2.23. The van der Waals surface area contributed by atoms with E-state index >= 15 is 0 Å². The number of nitrogens with one attached hydrogen (secondary N) is 1. The minimum atomic E-state index is 0.658. The molecule has 0 bridgehead atoms. The van der Waals surface area contributed by atoms with Crippen LogP contribution < -0.4 is 10.1 Å². The van der Waals surface area contributed by atoms with Gasteiger partial charge in [-0.25, -0.2) is 4.98 Å². The van der Waals surface area contributed by atoms with Crippen molar-refractivity contribution in [2.75, 3.05) is 7.11 Å². The molecule has 18 heavy (non-hydrogen) atoms. The first-order valence-electron chi connectivity index (χ1n) is 6.89. The predicted octanol–water partition coefficient (Wildman–Crippen LogP) is 3.00. The predicted molar refractivity (Wildman–Crippen MR) is 73.6 cm³/mol. The van der Waals surface area contributed by atoms with Crippen molar-refractivity contribution in [1.82, 2.24) is 10.3 Å². The third-order valence-electron chi connectivity index (χ3n) is 3.78. The lowest BCUT2D eigenvalue weighted by molar-refractivity contribution is 0.238. The molecule has 0 aromatic carbocycles. The van der Waals surface area contributed by atoms with E-state index in [2.05, 4.69) is 30.2 Å². The summed E-state index contributed by atoms with van der Waals surface area (Å²) in [7, 11) is 1.64. The van der Waals surface area contributed by atoms with Gasteiger partial charge in [0.15, 0.2) is 0 Å². The van der Waals surface area contributed by atoms with E-state index in [9.17, 15) is 0 Å². The molecule has 2 rings (SSSR count). The maximum Gasteiger partial charge on any atom is 0.212 e. The van der Waals surface area contributed by atoms with Gasteiger partial charge in [-0.05, 0) is 36.7 Å². The quantitative estimate of drug-likeness (QED) is 0.889. The van der Waals surface area contributed by atoms with Gasteiger partial charge in [-0.1, -0.05) is 19.9 Å². The molecular formula is C15H24N2O. The number of pyridine rings is 1. The summed E-state index contributed by atoms with van der Waals surface area (Å²) in [5.41, 5.74) is 1.22. The van der Waals surface area contributed by atoms with Crippen LogP contribution in [0, 0.1) is 11.8 Å². The zero-order valence-electron chi connectivity index (χ0n) is 11.6. The molecule has 1 heterocycles. The molecule has 1 aromatic heterocycles. The molecule has 1 aliphatic carbocycles. The highest BCUT2D eigenvalue weighted by Crippen LogP contribution is 2.28. The second-order valence-electron chi connectivity index (χ2n) is 5.70. The Bertz CT molecular complexity index is 353. The molecule has 1 N–H and O–H groups in total. The molecule has 3 nitrogen and oxygen atoms in total. The summed E-state index contributed by atoms with van der Waals surface area (Å²) in [4.78, 5) is 4.23. The van der Waals surface area contributed by atoms with E-state index < -0.39 is 0 Å². The van der Waals surface area contributed by atoms with Crippen LogP contribution in [0.25, 0.3) is 0 Å². The van der Waals surface area contributed by atoms with Gasteiger partial charge < -0.3 is 10.1 Å². The Labute approximate surface area is 110 Å². The average Bonchev–Trinajstić information content (AvgIpc) is 2.36. The molecule has 0 amide bonds. The lowest BCUT2D eigenvalue weighted by Gasteiger charge is -2.32. The number of rotatable bonds is 4. The highest BCUT2D eigenvalue weighted by atomic mass is 16.5. The third-order valence-corrected chi connectivity index (χ3v) is 3.78. The average molecular weight is 248 g/mol. The van der Waals surface area contributed by atoms with E-state index in [4.69, 9.17) is 4.74 Å². The molecule has 1 aliphatic rings. The third kappa shape index (κ3) is 3.70. The summed E-state index contributed by atoms with van der Waals surface area (Å²) in [5, 5.41) is 3.66. The minimum Gasteiger partial charge on any atom is -0.481 e. The fourth-order valence-electron chi connectivity index (χ4n) is 3.01. The summed E-state index contributed by atoms with van der Waals surface area (Å²) < 4.78 is 5.06. The van der Waals surface area contributed by atoms with Gasteiger partial charge in [0.1, 0.15) is 0 Å². The molecule has 0 saturated heterocycles. The lowest BCUT2D eigenvalue weighted by atomic mass is 9.80. The molecule has 1 fully saturated rings. The van der Waals surface area contributed by atoms with Gasteiger partial charge in [-0.15, -0.1) is 0 Å². The Kier molecular flexibility index (Phi) is 4.59. The Morgan fingerprint density at radius 3 is 2.50 bits per heavy atom. The molecule has 0 radical (unpaired) electrons. The second kappa shape index (κ2) is 6.19. The van der Waals surface area contributed by atoms with E-state index in [0.717, 1.165) is 18.4 Å². The summed E-state index contributed by atoms with van der Waals surface area (Å²) in [6.07, 6.45) is 5.87. The lowest BCUT2D eigenvalue weighted by Crippen LogP contribution is -2.35. The van der Waals surface area contributed by atoms with E-state index in [-0.39, 0.29) is 0 Å². The van der Waals surface area contributed by atoms with Crippen LogP contribution >= 0.6 is 0 Å². The fourth-order valence-corrected chi connectivity index (χ4v) is 3.01. The Hall–Kier alpha value is -1.09. The fraction of sp³-hybridized carbons (Fsp3) is 0.667.